The predicted octanol–water partition coefficient (Wildman–Crippen LogP) is 3.12. The van der Waals surface area contributed by atoms with Crippen LogP contribution in [0.4, 0.5) is 10.1 Å². The Morgan fingerprint density at radius 2 is 1.74 bits per heavy atom. The average Bonchev–Trinajstić information content (AvgIpc) is 2.51. The van der Waals surface area contributed by atoms with Crippen molar-refractivity contribution in [3.8, 4) is 0 Å². The number of halogens is 1. The van der Waals surface area contributed by atoms with E-state index in [0.29, 0.717) is 11.3 Å². The molecule has 2 aromatic rings. The van der Waals surface area contributed by atoms with Crippen molar-refractivity contribution in [2.45, 2.75) is 20.4 Å². The zero-order valence-electron chi connectivity index (χ0n) is 13.2. The largest absolute Gasteiger partial charge is 0.329 e. The van der Waals surface area contributed by atoms with E-state index in [9.17, 15) is 14.0 Å². The van der Waals surface area contributed by atoms with Gasteiger partial charge in [0.1, 0.15) is 12.4 Å². The fraction of sp³-hybridized carbons (Fsp3) is 0.222. The average molecular weight is 314 g/mol. The molecule has 0 saturated heterocycles. The standard InChI is InChI=1S/C18H19FN2O2/c1-13-7-3-6-10-17(13)20-18(23)12-21(14(2)22)11-15-8-4-5-9-16(15)19/h3-10H,11-12H2,1-2H3,(H,20,23). The molecule has 1 N–H and O–H groups in total. The summed E-state index contributed by atoms with van der Waals surface area (Å²) >= 11 is 0. The van der Waals surface area contributed by atoms with Crippen molar-refractivity contribution in [1.29, 1.82) is 0 Å². The third-order valence-electron chi connectivity index (χ3n) is 3.52. The number of carbonyl (C=O) groups is 2. The van der Waals surface area contributed by atoms with E-state index in [-0.39, 0.29) is 24.9 Å². The van der Waals surface area contributed by atoms with Gasteiger partial charge in [0.25, 0.3) is 0 Å². The summed E-state index contributed by atoms with van der Waals surface area (Å²) < 4.78 is 13.7. The van der Waals surface area contributed by atoms with Crippen LogP contribution in [0.15, 0.2) is 48.5 Å². The molecule has 5 heteroatoms. The molecule has 0 heterocycles. The summed E-state index contributed by atoms with van der Waals surface area (Å²) in [4.78, 5) is 25.2. The van der Waals surface area contributed by atoms with Crippen molar-refractivity contribution in [2.75, 3.05) is 11.9 Å². The van der Waals surface area contributed by atoms with Gasteiger partial charge in [0.15, 0.2) is 0 Å². The molecule has 0 bridgehead atoms. The van der Waals surface area contributed by atoms with Gasteiger partial charge in [-0.25, -0.2) is 4.39 Å². The van der Waals surface area contributed by atoms with Gasteiger partial charge in [0.2, 0.25) is 11.8 Å². The normalized spacial score (nSPS) is 10.2. The molecular weight excluding hydrogens is 295 g/mol. The van der Waals surface area contributed by atoms with Crippen molar-refractivity contribution in [1.82, 2.24) is 4.90 Å². The van der Waals surface area contributed by atoms with Crippen LogP contribution >= 0.6 is 0 Å². The van der Waals surface area contributed by atoms with Gasteiger partial charge in [0, 0.05) is 24.7 Å². The smallest absolute Gasteiger partial charge is 0.244 e. The number of rotatable bonds is 5. The highest BCUT2D eigenvalue weighted by atomic mass is 19.1. The Labute approximate surface area is 134 Å². The highest BCUT2D eigenvalue weighted by Crippen LogP contribution is 2.14. The molecule has 23 heavy (non-hydrogen) atoms. The van der Waals surface area contributed by atoms with Gasteiger partial charge in [-0.1, -0.05) is 36.4 Å². The third kappa shape index (κ3) is 4.64. The van der Waals surface area contributed by atoms with Crippen LogP contribution in [0.25, 0.3) is 0 Å². The fourth-order valence-corrected chi connectivity index (χ4v) is 2.19. The summed E-state index contributed by atoms with van der Waals surface area (Å²) in [5.74, 6) is -0.989. The van der Waals surface area contributed by atoms with Gasteiger partial charge < -0.3 is 10.2 Å². The van der Waals surface area contributed by atoms with E-state index >= 15 is 0 Å². The van der Waals surface area contributed by atoms with E-state index < -0.39 is 5.82 Å². The molecule has 0 saturated carbocycles. The zero-order valence-corrected chi connectivity index (χ0v) is 13.2. The number of amides is 2. The lowest BCUT2D eigenvalue weighted by atomic mass is 10.2. The molecule has 120 valence electrons. The maximum atomic E-state index is 13.7. The molecule has 2 amide bonds. The number of nitrogens with one attached hydrogen (secondary N) is 1. The number of carbonyl (C=O) groups excluding carboxylic acids is 2. The number of nitrogens with zero attached hydrogens (tertiary/aromatic N) is 1. The number of hydrogen-bond acceptors (Lipinski definition) is 2. The lowest BCUT2D eigenvalue weighted by Crippen LogP contribution is -2.36. The zero-order chi connectivity index (χ0) is 16.8. The Morgan fingerprint density at radius 3 is 2.39 bits per heavy atom. The van der Waals surface area contributed by atoms with Crippen LogP contribution in [0.1, 0.15) is 18.1 Å². The van der Waals surface area contributed by atoms with Crippen molar-refractivity contribution in [3.63, 3.8) is 0 Å². The van der Waals surface area contributed by atoms with Gasteiger partial charge in [0.05, 0.1) is 0 Å². The first kappa shape index (κ1) is 16.7. The van der Waals surface area contributed by atoms with Gasteiger partial charge in [-0.3, -0.25) is 9.59 Å². The quantitative estimate of drug-likeness (QED) is 0.922. The van der Waals surface area contributed by atoms with Crippen LogP contribution in [0.2, 0.25) is 0 Å². The molecular formula is C18H19FN2O2. The van der Waals surface area contributed by atoms with Crippen LogP contribution in [-0.2, 0) is 16.1 Å². The molecule has 0 aliphatic carbocycles. The second-order valence-electron chi connectivity index (χ2n) is 5.33. The number of anilines is 1. The number of benzene rings is 2. The number of hydrogen-bond donors (Lipinski definition) is 1. The molecule has 0 spiro atoms. The van der Waals surface area contributed by atoms with Crippen LogP contribution in [0.5, 0.6) is 0 Å². The molecule has 2 aromatic carbocycles. The molecule has 4 nitrogen and oxygen atoms in total. The molecule has 0 unspecified atom stereocenters. The van der Waals surface area contributed by atoms with Crippen LogP contribution in [0.3, 0.4) is 0 Å². The monoisotopic (exact) mass is 314 g/mol. The lowest BCUT2D eigenvalue weighted by molar-refractivity contribution is -0.133. The Morgan fingerprint density at radius 1 is 1.09 bits per heavy atom. The van der Waals surface area contributed by atoms with Gasteiger partial charge in [-0.15, -0.1) is 0 Å². The molecule has 0 radical (unpaired) electrons. The minimum absolute atomic E-state index is 0.0587. The van der Waals surface area contributed by atoms with Crippen molar-refractivity contribution >= 4 is 17.5 Å². The van der Waals surface area contributed by atoms with E-state index in [1.165, 1.54) is 17.9 Å². The highest BCUT2D eigenvalue weighted by molar-refractivity contribution is 5.94. The van der Waals surface area contributed by atoms with E-state index in [0.717, 1.165) is 5.56 Å². The maximum absolute atomic E-state index is 13.7. The number of aryl methyl sites for hydroxylation is 1. The molecule has 0 aliphatic heterocycles. The minimum atomic E-state index is -0.391. The van der Waals surface area contributed by atoms with E-state index in [1.807, 2.05) is 25.1 Å². The second-order valence-corrected chi connectivity index (χ2v) is 5.33. The first-order valence-corrected chi connectivity index (χ1v) is 7.32. The first-order valence-electron chi connectivity index (χ1n) is 7.32. The molecule has 0 aliphatic rings. The summed E-state index contributed by atoms with van der Waals surface area (Å²) in [5.41, 5.74) is 2.02. The molecule has 0 fully saturated rings. The molecule has 2 rings (SSSR count). The first-order chi connectivity index (χ1) is 11.0. The highest BCUT2D eigenvalue weighted by Gasteiger charge is 2.16. The topological polar surface area (TPSA) is 49.4 Å². The third-order valence-corrected chi connectivity index (χ3v) is 3.52. The van der Waals surface area contributed by atoms with Crippen molar-refractivity contribution in [2.24, 2.45) is 0 Å². The number of para-hydroxylation sites is 1. The van der Waals surface area contributed by atoms with E-state index in [4.69, 9.17) is 0 Å². The second kappa shape index (κ2) is 7.54. The Balaban J connectivity index is 2.05. The summed E-state index contributed by atoms with van der Waals surface area (Å²) in [6.07, 6.45) is 0. The van der Waals surface area contributed by atoms with Crippen molar-refractivity contribution in [3.05, 3.63) is 65.5 Å². The van der Waals surface area contributed by atoms with Gasteiger partial charge >= 0.3 is 0 Å². The van der Waals surface area contributed by atoms with Crippen LogP contribution in [0, 0.1) is 12.7 Å². The van der Waals surface area contributed by atoms with Crippen LogP contribution < -0.4 is 5.32 Å². The summed E-state index contributed by atoms with van der Waals surface area (Å²) in [7, 11) is 0. The summed E-state index contributed by atoms with van der Waals surface area (Å²) in [6.45, 7) is 3.18. The molecule has 0 atom stereocenters. The lowest BCUT2D eigenvalue weighted by Gasteiger charge is -2.21. The van der Waals surface area contributed by atoms with Crippen LogP contribution in [-0.4, -0.2) is 23.3 Å². The Bertz CT molecular complexity index is 716. The maximum Gasteiger partial charge on any atom is 0.244 e. The van der Waals surface area contributed by atoms with Crippen molar-refractivity contribution < 1.29 is 14.0 Å². The predicted molar refractivity (Wildman–Crippen MR) is 87.3 cm³/mol. The molecule has 0 aromatic heterocycles. The van der Waals surface area contributed by atoms with Gasteiger partial charge in [-0.05, 0) is 24.6 Å². The summed E-state index contributed by atoms with van der Waals surface area (Å²) in [5, 5.41) is 2.77. The van der Waals surface area contributed by atoms with E-state index in [1.54, 1.807) is 24.3 Å². The fourth-order valence-electron chi connectivity index (χ4n) is 2.19. The summed E-state index contributed by atoms with van der Waals surface area (Å²) in [6, 6.07) is 13.6. The Hall–Kier alpha value is -2.69. The van der Waals surface area contributed by atoms with Gasteiger partial charge in [-0.2, -0.15) is 0 Å². The Kier molecular flexibility index (Phi) is 5.46. The van der Waals surface area contributed by atoms with E-state index in [2.05, 4.69) is 5.32 Å². The SMILES string of the molecule is CC(=O)N(CC(=O)Nc1ccccc1C)Cc1ccccc1F. The minimum Gasteiger partial charge on any atom is -0.329 e.